The Morgan fingerprint density at radius 3 is 1.32 bits per heavy atom. The third kappa shape index (κ3) is 18.0. The molecule has 0 aromatic rings. The van der Waals surface area contributed by atoms with Crippen LogP contribution in [0.1, 0.15) is 123 Å². The van der Waals surface area contributed by atoms with Crippen molar-refractivity contribution in [2.45, 2.75) is 123 Å². The Kier molecular flexibility index (Phi) is 19.0. The molecule has 134 valence electrons. The van der Waals surface area contributed by atoms with Crippen molar-refractivity contribution in [2.75, 3.05) is 6.54 Å². The molecule has 0 radical (unpaired) electrons. The molecule has 0 amide bonds. The van der Waals surface area contributed by atoms with E-state index in [9.17, 15) is 0 Å². The van der Waals surface area contributed by atoms with Crippen molar-refractivity contribution < 1.29 is 0 Å². The molecular formula is C21H45N. The van der Waals surface area contributed by atoms with Crippen molar-refractivity contribution in [3.05, 3.63) is 0 Å². The van der Waals surface area contributed by atoms with Crippen LogP contribution in [-0.4, -0.2) is 6.54 Å². The summed E-state index contributed by atoms with van der Waals surface area (Å²) in [6, 6.07) is 0. The van der Waals surface area contributed by atoms with E-state index in [1.807, 2.05) is 0 Å². The molecule has 0 heterocycles. The summed E-state index contributed by atoms with van der Waals surface area (Å²) >= 11 is 0. The van der Waals surface area contributed by atoms with E-state index in [4.69, 9.17) is 5.73 Å². The molecule has 0 saturated heterocycles. The number of rotatable bonds is 18. The lowest BCUT2D eigenvalue weighted by Crippen LogP contribution is -1.98. The van der Waals surface area contributed by atoms with Gasteiger partial charge in [0, 0.05) is 0 Å². The highest BCUT2D eigenvalue weighted by Crippen LogP contribution is 2.18. The van der Waals surface area contributed by atoms with Gasteiger partial charge in [0.15, 0.2) is 0 Å². The van der Waals surface area contributed by atoms with Crippen LogP contribution in [-0.2, 0) is 0 Å². The van der Waals surface area contributed by atoms with E-state index in [1.165, 1.54) is 109 Å². The molecule has 0 aromatic heterocycles. The average Bonchev–Trinajstić information content (AvgIpc) is 2.52. The van der Waals surface area contributed by atoms with Crippen LogP contribution in [0.3, 0.4) is 0 Å². The SMILES string of the molecule is CCCCCCCCCCCCCC(C)CCCCCCN. The number of hydrogen-bond donors (Lipinski definition) is 1. The molecule has 0 aliphatic carbocycles. The van der Waals surface area contributed by atoms with Crippen molar-refractivity contribution in [2.24, 2.45) is 11.7 Å². The minimum Gasteiger partial charge on any atom is -0.330 e. The van der Waals surface area contributed by atoms with Gasteiger partial charge in [0.25, 0.3) is 0 Å². The molecule has 0 rings (SSSR count). The van der Waals surface area contributed by atoms with Crippen LogP contribution < -0.4 is 5.73 Å². The van der Waals surface area contributed by atoms with E-state index in [0.717, 1.165) is 12.5 Å². The van der Waals surface area contributed by atoms with Crippen molar-refractivity contribution in [1.82, 2.24) is 0 Å². The first-order chi connectivity index (χ1) is 10.8. The summed E-state index contributed by atoms with van der Waals surface area (Å²) in [5.74, 6) is 0.941. The maximum absolute atomic E-state index is 5.52. The fourth-order valence-electron chi connectivity index (χ4n) is 3.29. The summed E-state index contributed by atoms with van der Waals surface area (Å²) in [5, 5.41) is 0. The van der Waals surface area contributed by atoms with Crippen LogP contribution in [0.2, 0.25) is 0 Å². The van der Waals surface area contributed by atoms with Crippen molar-refractivity contribution in [3.63, 3.8) is 0 Å². The van der Waals surface area contributed by atoms with E-state index in [1.54, 1.807) is 0 Å². The zero-order valence-electron chi connectivity index (χ0n) is 15.9. The molecule has 0 aliphatic rings. The molecule has 0 saturated carbocycles. The third-order valence-electron chi connectivity index (χ3n) is 4.95. The smallest absolute Gasteiger partial charge is 0.00773 e. The van der Waals surface area contributed by atoms with Crippen LogP contribution in [0.25, 0.3) is 0 Å². The fourth-order valence-corrected chi connectivity index (χ4v) is 3.29. The highest BCUT2D eigenvalue weighted by Gasteiger charge is 2.02. The highest BCUT2D eigenvalue weighted by molar-refractivity contribution is 4.56. The van der Waals surface area contributed by atoms with Crippen molar-refractivity contribution >= 4 is 0 Å². The third-order valence-corrected chi connectivity index (χ3v) is 4.95. The van der Waals surface area contributed by atoms with Gasteiger partial charge >= 0.3 is 0 Å². The van der Waals surface area contributed by atoms with Gasteiger partial charge in [-0.2, -0.15) is 0 Å². The summed E-state index contributed by atoms with van der Waals surface area (Å²) in [4.78, 5) is 0. The Hall–Kier alpha value is -0.0400. The first kappa shape index (κ1) is 22.0. The van der Waals surface area contributed by atoms with Gasteiger partial charge in [-0.3, -0.25) is 0 Å². The van der Waals surface area contributed by atoms with Gasteiger partial charge in [-0.1, -0.05) is 117 Å². The summed E-state index contributed by atoms with van der Waals surface area (Å²) < 4.78 is 0. The van der Waals surface area contributed by atoms with Gasteiger partial charge in [0.2, 0.25) is 0 Å². The van der Waals surface area contributed by atoms with Gasteiger partial charge in [-0.25, -0.2) is 0 Å². The summed E-state index contributed by atoms with van der Waals surface area (Å²) in [6.07, 6.45) is 24.3. The summed E-state index contributed by atoms with van der Waals surface area (Å²) in [6.45, 7) is 5.61. The molecule has 1 nitrogen and oxygen atoms in total. The maximum atomic E-state index is 5.52. The predicted molar refractivity (Wildman–Crippen MR) is 102 cm³/mol. The normalized spacial score (nSPS) is 12.7. The second kappa shape index (κ2) is 19.0. The second-order valence-electron chi connectivity index (χ2n) is 7.42. The molecule has 0 fully saturated rings. The standard InChI is InChI=1S/C21H45N/c1-3-4-5-6-7-8-9-10-11-12-15-18-21(2)19-16-13-14-17-20-22/h21H,3-20,22H2,1-2H3. The summed E-state index contributed by atoms with van der Waals surface area (Å²) in [5.41, 5.74) is 5.52. The molecule has 22 heavy (non-hydrogen) atoms. The average molecular weight is 312 g/mol. The van der Waals surface area contributed by atoms with Crippen molar-refractivity contribution in [1.29, 1.82) is 0 Å². The van der Waals surface area contributed by atoms with Crippen LogP contribution in [0.5, 0.6) is 0 Å². The van der Waals surface area contributed by atoms with Gasteiger partial charge < -0.3 is 5.73 Å². The van der Waals surface area contributed by atoms with Crippen LogP contribution in [0, 0.1) is 5.92 Å². The maximum Gasteiger partial charge on any atom is -0.00773 e. The van der Waals surface area contributed by atoms with Gasteiger partial charge in [0.1, 0.15) is 0 Å². The molecule has 1 atom stereocenters. The zero-order valence-corrected chi connectivity index (χ0v) is 15.9. The van der Waals surface area contributed by atoms with E-state index < -0.39 is 0 Å². The monoisotopic (exact) mass is 311 g/mol. The molecule has 1 unspecified atom stereocenters. The van der Waals surface area contributed by atoms with Crippen LogP contribution in [0.4, 0.5) is 0 Å². The number of nitrogens with two attached hydrogens (primary N) is 1. The second-order valence-corrected chi connectivity index (χ2v) is 7.42. The Morgan fingerprint density at radius 2 is 0.909 bits per heavy atom. The van der Waals surface area contributed by atoms with E-state index in [2.05, 4.69) is 13.8 Å². The lowest BCUT2D eigenvalue weighted by molar-refractivity contribution is 0.432. The Bertz CT molecular complexity index is 190. The Labute approximate surface area is 141 Å². The fraction of sp³-hybridized carbons (Fsp3) is 1.00. The number of hydrogen-bond acceptors (Lipinski definition) is 1. The van der Waals surface area contributed by atoms with Gasteiger partial charge in [-0.15, -0.1) is 0 Å². The lowest BCUT2D eigenvalue weighted by Gasteiger charge is -2.11. The molecule has 0 spiro atoms. The Morgan fingerprint density at radius 1 is 0.545 bits per heavy atom. The van der Waals surface area contributed by atoms with E-state index >= 15 is 0 Å². The first-order valence-electron chi connectivity index (χ1n) is 10.5. The molecule has 0 bridgehead atoms. The summed E-state index contributed by atoms with van der Waals surface area (Å²) in [7, 11) is 0. The van der Waals surface area contributed by atoms with E-state index in [0.29, 0.717) is 0 Å². The molecular weight excluding hydrogens is 266 g/mol. The Balaban J connectivity index is 3.09. The van der Waals surface area contributed by atoms with E-state index in [-0.39, 0.29) is 0 Å². The largest absolute Gasteiger partial charge is 0.330 e. The minimum atomic E-state index is 0.869. The van der Waals surface area contributed by atoms with Crippen molar-refractivity contribution in [3.8, 4) is 0 Å². The molecule has 0 aliphatic heterocycles. The number of unbranched alkanes of at least 4 members (excludes halogenated alkanes) is 13. The molecule has 2 N–H and O–H groups in total. The topological polar surface area (TPSA) is 26.0 Å². The molecule has 1 heteroatoms. The minimum absolute atomic E-state index is 0.869. The highest BCUT2D eigenvalue weighted by atomic mass is 14.5. The first-order valence-corrected chi connectivity index (χ1v) is 10.5. The van der Waals surface area contributed by atoms with Crippen LogP contribution >= 0.6 is 0 Å². The zero-order chi connectivity index (χ0) is 16.3. The molecule has 0 aromatic carbocycles. The van der Waals surface area contributed by atoms with Gasteiger partial charge in [0.05, 0.1) is 0 Å². The van der Waals surface area contributed by atoms with Gasteiger partial charge in [-0.05, 0) is 18.9 Å². The predicted octanol–water partition coefficient (Wildman–Crippen LogP) is 7.23. The lowest BCUT2D eigenvalue weighted by atomic mass is 9.96. The van der Waals surface area contributed by atoms with Crippen LogP contribution in [0.15, 0.2) is 0 Å². The quantitative estimate of drug-likeness (QED) is 0.265.